The summed E-state index contributed by atoms with van der Waals surface area (Å²) in [6.45, 7) is 1.54. The van der Waals surface area contributed by atoms with Crippen LogP contribution in [0.3, 0.4) is 0 Å². The van der Waals surface area contributed by atoms with Crippen molar-refractivity contribution in [3.8, 4) is 17.1 Å². The molecule has 2 heterocycles. The lowest BCUT2D eigenvalue weighted by atomic mass is 10.2. The molecule has 2 aromatic carbocycles. The lowest BCUT2D eigenvalue weighted by molar-refractivity contribution is 0.261. The monoisotopic (exact) mass is 321 g/mol. The number of hydrogen-bond donors (Lipinski definition) is 2. The number of ether oxygens (including phenoxy) is 1. The number of benzene rings is 2. The first-order valence-corrected chi connectivity index (χ1v) is 7.90. The lowest BCUT2D eigenvalue weighted by Crippen LogP contribution is -2.19. The quantitative estimate of drug-likeness (QED) is 0.593. The Bertz CT molecular complexity index is 937. The second-order valence-corrected chi connectivity index (χ2v) is 6.08. The van der Waals surface area contributed by atoms with Crippen LogP contribution in [-0.2, 0) is 0 Å². The van der Waals surface area contributed by atoms with E-state index in [1.54, 1.807) is 0 Å². The molecule has 0 aliphatic carbocycles. The smallest absolute Gasteiger partial charge is 0.138 e. The van der Waals surface area contributed by atoms with Crippen molar-refractivity contribution >= 4 is 21.9 Å². The van der Waals surface area contributed by atoms with Crippen molar-refractivity contribution in [3.63, 3.8) is 0 Å². The van der Waals surface area contributed by atoms with Crippen LogP contribution >= 0.6 is 0 Å². The summed E-state index contributed by atoms with van der Waals surface area (Å²) in [7, 11) is 4.07. The van der Waals surface area contributed by atoms with Gasteiger partial charge >= 0.3 is 0 Å². The maximum atomic E-state index is 5.81. The van der Waals surface area contributed by atoms with Crippen molar-refractivity contribution in [2.24, 2.45) is 0 Å². The van der Waals surface area contributed by atoms with Crippen molar-refractivity contribution in [2.75, 3.05) is 27.2 Å². The molecule has 24 heavy (non-hydrogen) atoms. The number of rotatable bonds is 5. The van der Waals surface area contributed by atoms with Crippen molar-refractivity contribution in [2.45, 2.75) is 0 Å². The summed E-state index contributed by atoms with van der Waals surface area (Å²) >= 11 is 0. The third kappa shape index (κ3) is 2.83. The molecule has 0 spiro atoms. The number of aromatic nitrogens is 4. The van der Waals surface area contributed by atoms with Crippen LogP contribution in [0.4, 0.5) is 0 Å². The second kappa shape index (κ2) is 5.98. The highest BCUT2D eigenvalue weighted by atomic mass is 16.5. The molecule has 0 saturated carbocycles. The number of H-pyrrole nitrogens is 2. The van der Waals surface area contributed by atoms with Gasteiger partial charge in [-0.1, -0.05) is 12.1 Å². The number of imidazole rings is 1. The molecule has 2 aromatic heterocycles. The van der Waals surface area contributed by atoms with E-state index in [2.05, 4.69) is 20.1 Å². The van der Waals surface area contributed by atoms with Gasteiger partial charge in [-0.05, 0) is 38.4 Å². The van der Waals surface area contributed by atoms with E-state index >= 15 is 0 Å². The number of fused-ring (bicyclic) bond motifs is 2. The molecule has 6 heteroatoms. The highest BCUT2D eigenvalue weighted by Gasteiger charge is 2.08. The zero-order chi connectivity index (χ0) is 16.5. The molecular weight excluding hydrogens is 302 g/mol. The molecule has 6 nitrogen and oxygen atoms in total. The second-order valence-electron chi connectivity index (χ2n) is 6.08. The summed E-state index contributed by atoms with van der Waals surface area (Å²) in [6.07, 6.45) is 1.88. The van der Waals surface area contributed by atoms with Gasteiger partial charge in [0.2, 0.25) is 0 Å². The first-order chi connectivity index (χ1) is 11.7. The molecule has 0 bridgehead atoms. The largest absolute Gasteiger partial charge is 0.492 e. The molecule has 0 atom stereocenters. The van der Waals surface area contributed by atoms with Gasteiger partial charge in [0, 0.05) is 23.7 Å². The highest BCUT2D eigenvalue weighted by Crippen LogP contribution is 2.26. The first kappa shape index (κ1) is 14.7. The average molecular weight is 321 g/mol. The highest BCUT2D eigenvalue weighted by molar-refractivity contribution is 5.93. The number of nitrogens with one attached hydrogen (secondary N) is 2. The van der Waals surface area contributed by atoms with Crippen LogP contribution in [0.15, 0.2) is 42.6 Å². The Balaban J connectivity index is 1.64. The van der Waals surface area contributed by atoms with E-state index in [0.717, 1.165) is 45.6 Å². The molecular formula is C18H19N5O. The number of likely N-dealkylation sites (N-methyl/N-ethyl adjacent to an activating group) is 1. The molecule has 2 N–H and O–H groups in total. The molecule has 0 unspecified atom stereocenters. The van der Waals surface area contributed by atoms with E-state index < -0.39 is 0 Å². The van der Waals surface area contributed by atoms with E-state index in [-0.39, 0.29) is 0 Å². The summed E-state index contributed by atoms with van der Waals surface area (Å²) in [4.78, 5) is 10.2. The molecule has 122 valence electrons. The third-order valence-electron chi connectivity index (χ3n) is 3.95. The van der Waals surface area contributed by atoms with E-state index in [1.807, 2.05) is 56.7 Å². The molecule has 0 radical (unpaired) electrons. The number of aromatic amines is 2. The Morgan fingerprint density at radius 1 is 1.12 bits per heavy atom. The SMILES string of the molecule is CN(C)CCOc1cccc(-c2nc3cc4c[nH]nc4cc3[nH]2)c1. The minimum absolute atomic E-state index is 0.660. The van der Waals surface area contributed by atoms with Crippen molar-refractivity contribution in [3.05, 3.63) is 42.6 Å². The van der Waals surface area contributed by atoms with Gasteiger partial charge in [0.1, 0.15) is 18.2 Å². The van der Waals surface area contributed by atoms with Gasteiger partial charge in [0.05, 0.1) is 16.6 Å². The van der Waals surface area contributed by atoms with E-state index in [1.165, 1.54) is 0 Å². The van der Waals surface area contributed by atoms with Crippen molar-refractivity contribution < 1.29 is 4.74 Å². The standard InChI is InChI=1S/C18H19N5O/c1-23(2)6-7-24-14-5-3-4-12(8-14)18-20-16-9-13-11-19-22-15(13)10-17(16)21-18/h3-5,8-11H,6-7H2,1-2H3,(H,19,22)(H,20,21). The fourth-order valence-electron chi connectivity index (χ4n) is 2.66. The van der Waals surface area contributed by atoms with Crippen LogP contribution in [0.1, 0.15) is 0 Å². The molecule has 4 rings (SSSR count). The van der Waals surface area contributed by atoms with Crippen LogP contribution in [0.5, 0.6) is 5.75 Å². The van der Waals surface area contributed by atoms with Crippen LogP contribution in [0.25, 0.3) is 33.3 Å². The van der Waals surface area contributed by atoms with Crippen LogP contribution in [0.2, 0.25) is 0 Å². The number of hydrogen-bond acceptors (Lipinski definition) is 4. The topological polar surface area (TPSA) is 69.8 Å². The van der Waals surface area contributed by atoms with Gasteiger partial charge in [-0.25, -0.2) is 4.98 Å². The fourth-order valence-corrected chi connectivity index (χ4v) is 2.66. The molecule has 0 aliphatic heterocycles. The fraction of sp³-hybridized carbons (Fsp3) is 0.222. The van der Waals surface area contributed by atoms with Crippen molar-refractivity contribution in [1.82, 2.24) is 25.1 Å². The van der Waals surface area contributed by atoms with Gasteiger partial charge in [0.25, 0.3) is 0 Å². The molecule has 0 aliphatic rings. The Hall–Kier alpha value is -2.86. The maximum Gasteiger partial charge on any atom is 0.138 e. The molecule has 0 fully saturated rings. The van der Waals surface area contributed by atoms with Crippen LogP contribution in [0, 0.1) is 0 Å². The summed E-state index contributed by atoms with van der Waals surface area (Å²) < 4.78 is 5.81. The van der Waals surface area contributed by atoms with Gasteiger partial charge < -0.3 is 14.6 Å². The average Bonchev–Trinajstić information content (AvgIpc) is 3.18. The maximum absolute atomic E-state index is 5.81. The Labute approximate surface area is 139 Å². The summed E-state index contributed by atoms with van der Waals surface area (Å²) in [5.74, 6) is 1.68. The summed E-state index contributed by atoms with van der Waals surface area (Å²) in [5, 5.41) is 8.14. The normalized spacial score (nSPS) is 11.6. The van der Waals surface area contributed by atoms with E-state index in [0.29, 0.717) is 6.61 Å². The Morgan fingerprint density at radius 2 is 2.04 bits per heavy atom. The third-order valence-corrected chi connectivity index (χ3v) is 3.95. The summed E-state index contributed by atoms with van der Waals surface area (Å²) in [6, 6.07) is 12.0. The first-order valence-electron chi connectivity index (χ1n) is 7.90. The minimum Gasteiger partial charge on any atom is -0.492 e. The molecule has 4 aromatic rings. The summed E-state index contributed by atoms with van der Waals surface area (Å²) in [5.41, 5.74) is 3.84. The van der Waals surface area contributed by atoms with Gasteiger partial charge in [-0.3, -0.25) is 5.10 Å². The van der Waals surface area contributed by atoms with E-state index in [4.69, 9.17) is 9.72 Å². The molecule has 0 amide bonds. The van der Waals surface area contributed by atoms with Gasteiger partial charge in [-0.2, -0.15) is 5.10 Å². The van der Waals surface area contributed by atoms with Gasteiger partial charge in [0.15, 0.2) is 0 Å². The van der Waals surface area contributed by atoms with Gasteiger partial charge in [-0.15, -0.1) is 0 Å². The zero-order valence-electron chi connectivity index (χ0n) is 13.7. The zero-order valence-corrected chi connectivity index (χ0v) is 13.7. The lowest BCUT2D eigenvalue weighted by Gasteiger charge is -2.11. The minimum atomic E-state index is 0.660. The van der Waals surface area contributed by atoms with E-state index in [9.17, 15) is 0 Å². The Kier molecular flexibility index (Phi) is 3.66. The van der Waals surface area contributed by atoms with Crippen LogP contribution in [-0.4, -0.2) is 52.3 Å². The predicted molar refractivity (Wildman–Crippen MR) is 95.2 cm³/mol. The Morgan fingerprint density at radius 3 is 2.92 bits per heavy atom. The van der Waals surface area contributed by atoms with Crippen molar-refractivity contribution in [1.29, 1.82) is 0 Å². The van der Waals surface area contributed by atoms with Crippen LogP contribution < -0.4 is 4.74 Å². The predicted octanol–water partition coefficient (Wildman–Crippen LogP) is 3.05. The molecule has 0 saturated heterocycles. The number of nitrogens with zero attached hydrogens (tertiary/aromatic N) is 3.